The molecule has 0 aliphatic carbocycles. The number of nitrogens with zero attached hydrogens (tertiary/aromatic N) is 1. The topological polar surface area (TPSA) is 69.7 Å². The number of cyclic esters (lactones) is 1. The van der Waals surface area contributed by atoms with Gasteiger partial charge in [-0.3, -0.25) is 0 Å². The molecule has 1 N–H and O–H groups in total. The van der Waals surface area contributed by atoms with Gasteiger partial charge in [-0.2, -0.15) is 0 Å². The number of nitrogens with one attached hydrogen (secondary N) is 1. The van der Waals surface area contributed by atoms with E-state index in [1.165, 1.54) is 0 Å². The Morgan fingerprint density at radius 2 is 2.04 bits per heavy atom. The lowest BCUT2D eigenvalue weighted by Crippen LogP contribution is -2.21. The number of aromatic nitrogens is 1. The molecule has 0 spiro atoms. The van der Waals surface area contributed by atoms with Crippen molar-refractivity contribution in [2.75, 3.05) is 18.7 Å². The molecule has 0 saturated carbocycles. The van der Waals surface area contributed by atoms with E-state index in [1.807, 2.05) is 31.2 Å². The van der Waals surface area contributed by atoms with E-state index >= 15 is 0 Å². The van der Waals surface area contributed by atoms with Gasteiger partial charge in [0.25, 0.3) is 0 Å². The monoisotopic (exact) mass is 312 g/mol. The lowest BCUT2D eigenvalue weighted by molar-refractivity contribution is 0.0481. The number of carbonyl (C=O) groups is 1. The van der Waals surface area contributed by atoms with Crippen LogP contribution in [0.1, 0.15) is 27.2 Å². The van der Waals surface area contributed by atoms with E-state index in [2.05, 4.69) is 10.3 Å². The summed E-state index contributed by atoms with van der Waals surface area (Å²) >= 11 is 0. The van der Waals surface area contributed by atoms with Gasteiger partial charge in [-0.05, 0) is 36.2 Å². The Kier molecular flexibility index (Phi) is 3.29. The van der Waals surface area contributed by atoms with Gasteiger partial charge < -0.3 is 19.5 Å². The molecule has 118 valence electrons. The summed E-state index contributed by atoms with van der Waals surface area (Å²) < 4.78 is 15.8. The molecule has 4 rings (SSSR count). The van der Waals surface area contributed by atoms with Crippen molar-refractivity contribution >= 4 is 11.8 Å². The van der Waals surface area contributed by atoms with Gasteiger partial charge in [0, 0.05) is 18.7 Å². The van der Waals surface area contributed by atoms with Gasteiger partial charge in [0.2, 0.25) is 6.79 Å². The fraction of sp³-hybridized carbons (Fsp3) is 0.294. The summed E-state index contributed by atoms with van der Waals surface area (Å²) in [5.41, 5.74) is 3.44. The zero-order valence-electron chi connectivity index (χ0n) is 12.7. The van der Waals surface area contributed by atoms with E-state index in [-0.39, 0.29) is 12.8 Å². The first-order valence-electron chi connectivity index (χ1n) is 7.51. The predicted octanol–water partition coefficient (Wildman–Crippen LogP) is 2.44. The Bertz CT molecular complexity index is 788. The number of hydrogen-bond acceptors (Lipinski definition) is 6. The van der Waals surface area contributed by atoms with Gasteiger partial charge in [-0.25, -0.2) is 9.78 Å². The molecule has 0 fully saturated rings. The molecule has 1 aromatic carbocycles. The van der Waals surface area contributed by atoms with Crippen molar-refractivity contribution in [3.63, 3.8) is 0 Å². The molecule has 0 saturated heterocycles. The quantitative estimate of drug-likeness (QED) is 0.878. The maximum atomic E-state index is 12.0. The molecule has 1 aromatic heterocycles. The van der Waals surface area contributed by atoms with E-state index in [4.69, 9.17) is 14.2 Å². The summed E-state index contributed by atoms with van der Waals surface area (Å²) in [4.78, 5) is 16.5. The van der Waals surface area contributed by atoms with Gasteiger partial charge in [-0.1, -0.05) is 6.07 Å². The SMILES string of the molecule is Cc1cc2c(c(NCc3ccc4c(c3)OCO4)n1)C(=O)OCC2. The molecule has 23 heavy (non-hydrogen) atoms. The van der Waals surface area contributed by atoms with Gasteiger partial charge in [0.05, 0.1) is 6.61 Å². The average Bonchev–Trinajstić information content (AvgIpc) is 3.00. The molecule has 0 radical (unpaired) electrons. The molecule has 3 heterocycles. The second-order valence-electron chi connectivity index (χ2n) is 5.57. The van der Waals surface area contributed by atoms with Gasteiger partial charge >= 0.3 is 5.97 Å². The highest BCUT2D eigenvalue weighted by molar-refractivity contribution is 5.97. The van der Waals surface area contributed by atoms with Crippen LogP contribution in [0, 0.1) is 6.92 Å². The molecule has 2 aromatic rings. The van der Waals surface area contributed by atoms with Gasteiger partial charge in [-0.15, -0.1) is 0 Å². The number of pyridine rings is 1. The predicted molar refractivity (Wildman–Crippen MR) is 82.9 cm³/mol. The number of fused-ring (bicyclic) bond motifs is 2. The van der Waals surface area contributed by atoms with E-state index in [0.29, 0.717) is 24.5 Å². The van der Waals surface area contributed by atoms with Crippen LogP contribution >= 0.6 is 0 Å². The van der Waals surface area contributed by atoms with E-state index in [9.17, 15) is 4.79 Å². The van der Waals surface area contributed by atoms with Gasteiger partial charge in [0.1, 0.15) is 11.4 Å². The summed E-state index contributed by atoms with van der Waals surface area (Å²) in [5.74, 6) is 1.75. The highest BCUT2D eigenvalue weighted by Crippen LogP contribution is 2.33. The Labute approximate surface area is 133 Å². The van der Waals surface area contributed by atoms with Crippen molar-refractivity contribution in [3.8, 4) is 11.5 Å². The smallest absolute Gasteiger partial charge is 0.342 e. The number of carbonyl (C=O) groups excluding carboxylic acids is 1. The van der Waals surface area contributed by atoms with Crippen molar-refractivity contribution in [2.45, 2.75) is 19.9 Å². The van der Waals surface area contributed by atoms with Crippen LogP contribution in [0.25, 0.3) is 0 Å². The lowest BCUT2D eigenvalue weighted by Gasteiger charge is -2.19. The summed E-state index contributed by atoms with van der Waals surface area (Å²) in [5, 5.41) is 3.24. The number of aryl methyl sites for hydroxylation is 1. The summed E-state index contributed by atoms with van der Waals surface area (Å²) in [7, 11) is 0. The number of anilines is 1. The van der Waals surface area contributed by atoms with E-state index < -0.39 is 0 Å². The van der Waals surface area contributed by atoms with Crippen LogP contribution in [0.2, 0.25) is 0 Å². The maximum absolute atomic E-state index is 12.0. The third kappa shape index (κ3) is 2.56. The Morgan fingerprint density at radius 1 is 1.17 bits per heavy atom. The summed E-state index contributed by atoms with van der Waals surface area (Å²) in [6.07, 6.45) is 0.725. The lowest BCUT2D eigenvalue weighted by atomic mass is 10.0. The first kappa shape index (κ1) is 13.9. The molecule has 0 atom stereocenters. The largest absolute Gasteiger partial charge is 0.462 e. The highest BCUT2D eigenvalue weighted by Gasteiger charge is 2.24. The van der Waals surface area contributed by atoms with Crippen molar-refractivity contribution in [1.82, 2.24) is 4.98 Å². The van der Waals surface area contributed by atoms with Crippen LogP contribution in [0.3, 0.4) is 0 Å². The molecule has 0 unspecified atom stereocenters. The van der Waals surface area contributed by atoms with Crippen molar-refractivity contribution < 1.29 is 19.0 Å². The maximum Gasteiger partial charge on any atom is 0.342 e. The Balaban J connectivity index is 1.59. The number of hydrogen-bond donors (Lipinski definition) is 1. The summed E-state index contributed by atoms with van der Waals surface area (Å²) in [6.45, 7) is 3.14. The normalized spacial score (nSPS) is 15.1. The third-order valence-corrected chi connectivity index (χ3v) is 3.93. The fourth-order valence-corrected chi connectivity index (χ4v) is 2.86. The van der Waals surface area contributed by atoms with Gasteiger partial charge in [0.15, 0.2) is 11.5 Å². The minimum Gasteiger partial charge on any atom is -0.462 e. The van der Waals surface area contributed by atoms with Crippen LogP contribution in [-0.4, -0.2) is 24.4 Å². The van der Waals surface area contributed by atoms with Crippen LogP contribution < -0.4 is 14.8 Å². The van der Waals surface area contributed by atoms with Crippen LogP contribution in [0.15, 0.2) is 24.3 Å². The zero-order valence-corrected chi connectivity index (χ0v) is 12.7. The molecule has 2 aliphatic rings. The number of rotatable bonds is 3. The summed E-state index contributed by atoms with van der Waals surface area (Å²) in [6, 6.07) is 7.71. The second-order valence-corrected chi connectivity index (χ2v) is 5.57. The molecule has 0 bridgehead atoms. The van der Waals surface area contributed by atoms with Crippen molar-refractivity contribution in [3.05, 3.63) is 46.6 Å². The first-order valence-corrected chi connectivity index (χ1v) is 7.51. The minimum atomic E-state index is -0.313. The minimum absolute atomic E-state index is 0.255. The van der Waals surface area contributed by atoms with Crippen LogP contribution in [0.5, 0.6) is 11.5 Å². The number of benzene rings is 1. The second kappa shape index (κ2) is 5.46. The van der Waals surface area contributed by atoms with Crippen LogP contribution in [-0.2, 0) is 17.7 Å². The average molecular weight is 312 g/mol. The fourth-order valence-electron chi connectivity index (χ4n) is 2.86. The standard InChI is InChI=1S/C17H16N2O4/c1-10-6-12-4-5-21-17(20)15(12)16(19-10)18-8-11-2-3-13-14(7-11)23-9-22-13/h2-3,6-7H,4-5,8-9H2,1H3,(H,18,19). The highest BCUT2D eigenvalue weighted by atomic mass is 16.7. The molecule has 6 nitrogen and oxygen atoms in total. The van der Waals surface area contributed by atoms with E-state index in [1.54, 1.807) is 0 Å². The van der Waals surface area contributed by atoms with Crippen molar-refractivity contribution in [1.29, 1.82) is 0 Å². The third-order valence-electron chi connectivity index (χ3n) is 3.93. The Hall–Kier alpha value is -2.76. The van der Waals surface area contributed by atoms with Crippen molar-refractivity contribution in [2.24, 2.45) is 0 Å². The molecule has 6 heteroatoms. The van der Waals surface area contributed by atoms with Crippen LogP contribution in [0.4, 0.5) is 5.82 Å². The van der Waals surface area contributed by atoms with E-state index in [0.717, 1.165) is 34.7 Å². The molecular weight excluding hydrogens is 296 g/mol. The molecular formula is C17H16N2O4. The molecule has 2 aliphatic heterocycles. The number of ether oxygens (including phenoxy) is 3. The molecule has 0 amide bonds. The first-order chi connectivity index (χ1) is 11.2. The Morgan fingerprint density at radius 3 is 2.96 bits per heavy atom. The zero-order chi connectivity index (χ0) is 15.8. The number of esters is 1.